The van der Waals surface area contributed by atoms with Crippen LogP contribution in [-0.2, 0) is 42.7 Å². The Labute approximate surface area is 312 Å². The third-order valence-corrected chi connectivity index (χ3v) is 7.91. The van der Waals surface area contributed by atoms with Gasteiger partial charge in [-0.3, -0.25) is 48.1 Å². The molecule has 0 aromatic rings. The third kappa shape index (κ3) is 20.3. The maximum Gasteiger partial charge on any atom is 0.469 e. The van der Waals surface area contributed by atoms with Gasteiger partial charge in [-0.15, -0.1) is 0 Å². The molecule has 0 saturated heterocycles. The fourth-order valence-corrected chi connectivity index (χ4v) is 5.09. The molecule has 0 radical (unpaired) electrons. The van der Waals surface area contributed by atoms with Gasteiger partial charge < -0.3 is 69.7 Å². The Morgan fingerprint density at radius 2 is 1.06 bits per heavy atom. The number of carbonyl (C=O) groups excluding carboxylic acids is 6. The molecule has 6 amide bonds. The average molecular weight is 795 g/mol. The van der Waals surface area contributed by atoms with Gasteiger partial charge in [0.15, 0.2) is 11.9 Å². The summed E-state index contributed by atoms with van der Waals surface area (Å²) in [5, 5.41) is 23.3. The van der Waals surface area contributed by atoms with E-state index in [4.69, 9.17) is 28.0 Å². The molecule has 0 aliphatic heterocycles. The number of guanidine groups is 2. The Bertz CT molecular complexity index is 1430. The van der Waals surface area contributed by atoms with Gasteiger partial charge >= 0.3 is 13.8 Å². The Hall–Kier alpha value is -5.06. The molecule has 308 valence electrons. The summed E-state index contributed by atoms with van der Waals surface area (Å²) in [5.41, 5.74) is 21.4. The van der Waals surface area contributed by atoms with E-state index in [0.717, 1.165) is 6.92 Å². The number of hydrogen-bond donors (Lipinski definition) is 13. The van der Waals surface area contributed by atoms with Crippen molar-refractivity contribution in [3.63, 3.8) is 0 Å². The molecule has 0 saturated carbocycles. The number of amides is 6. The van der Waals surface area contributed by atoms with E-state index in [9.17, 15) is 47.9 Å². The monoisotopic (exact) mass is 794 g/mol. The molecule has 0 aromatic carbocycles. The summed E-state index contributed by atoms with van der Waals surface area (Å²) in [5.74, 6) is -7.66. The zero-order chi connectivity index (χ0) is 41.9. The van der Waals surface area contributed by atoms with Gasteiger partial charge in [0.05, 0.1) is 6.10 Å². The normalized spacial score (nSPS) is 15.1. The predicted octanol–water partition coefficient (Wildman–Crippen LogP) is -4.70. The Balaban J connectivity index is 6.21. The minimum atomic E-state index is -5.24. The molecule has 0 bridgehead atoms. The van der Waals surface area contributed by atoms with Gasteiger partial charge in [0.1, 0.15) is 36.3 Å². The molecule has 0 rings (SSSR count). The standard InChI is InChI=1S/C29H55N12O12P/c1-13(2)20(25(46)37-15(4)27(48)49)40-26(47)21(16(5)53-54(50,51)52)41-22(43)14(3)36-23(44)19(10-8-12-35-29(32)33)39-24(45)18(38-17(6)42)9-7-11-34-28(30)31/h13-16,18-21H,7-12H2,1-6H3,(H,36,44)(H,37,46)(H,38,42)(H,39,45)(H,40,47)(H,41,43)(H,48,49)(H4,30,31,34)(H4,32,33,35)(H2,50,51,52)/t14-,15-,16-,18-,19-,20-,21-/m0/s1. The Morgan fingerprint density at radius 1 is 0.630 bits per heavy atom. The van der Waals surface area contributed by atoms with E-state index in [1.165, 1.54) is 34.6 Å². The number of aliphatic imine (C=N–C) groups is 2. The van der Waals surface area contributed by atoms with Gasteiger partial charge in [0, 0.05) is 20.0 Å². The number of phosphoric acid groups is 1. The highest BCUT2D eigenvalue weighted by Crippen LogP contribution is 2.38. The smallest absolute Gasteiger partial charge is 0.469 e. The topological polar surface area (TPSA) is 407 Å². The van der Waals surface area contributed by atoms with E-state index < -0.39 is 97.5 Å². The van der Waals surface area contributed by atoms with Crippen LogP contribution in [0.15, 0.2) is 9.98 Å². The molecule has 7 atom stereocenters. The van der Waals surface area contributed by atoms with Gasteiger partial charge in [-0.1, -0.05) is 13.8 Å². The lowest BCUT2D eigenvalue weighted by molar-refractivity contribution is -0.142. The number of rotatable bonds is 24. The minimum absolute atomic E-state index is 0.0547. The number of phosphoric ester groups is 1. The predicted molar refractivity (Wildman–Crippen MR) is 193 cm³/mol. The lowest BCUT2D eigenvalue weighted by Gasteiger charge is -2.29. The molecule has 24 nitrogen and oxygen atoms in total. The molecule has 0 aliphatic rings. The average Bonchev–Trinajstić information content (AvgIpc) is 3.03. The first-order valence-electron chi connectivity index (χ1n) is 16.7. The molecule has 0 aromatic heterocycles. The van der Waals surface area contributed by atoms with E-state index >= 15 is 0 Å². The molecule has 0 spiro atoms. The molecule has 17 N–H and O–H groups in total. The van der Waals surface area contributed by atoms with Crippen molar-refractivity contribution in [2.24, 2.45) is 38.8 Å². The van der Waals surface area contributed by atoms with Crippen molar-refractivity contribution >= 4 is 61.2 Å². The van der Waals surface area contributed by atoms with Crippen LogP contribution in [0.25, 0.3) is 0 Å². The lowest BCUT2D eigenvalue weighted by Crippen LogP contribution is -2.61. The second kappa shape index (κ2) is 23.6. The van der Waals surface area contributed by atoms with Crippen molar-refractivity contribution < 1.29 is 57.5 Å². The molecule has 0 aliphatic carbocycles. The first-order chi connectivity index (χ1) is 24.9. The van der Waals surface area contributed by atoms with Crippen molar-refractivity contribution in [1.29, 1.82) is 0 Å². The number of aliphatic carboxylic acids is 1. The first kappa shape index (κ1) is 48.9. The van der Waals surface area contributed by atoms with Gasteiger partial charge in [-0.25, -0.2) is 4.57 Å². The molecular weight excluding hydrogens is 739 g/mol. The van der Waals surface area contributed by atoms with E-state index in [1.54, 1.807) is 0 Å². The van der Waals surface area contributed by atoms with Crippen LogP contribution in [0.1, 0.15) is 67.2 Å². The van der Waals surface area contributed by atoms with E-state index in [2.05, 4.69) is 46.4 Å². The summed E-state index contributed by atoms with van der Waals surface area (Å²) in [7, 11) is -5.24. The number of nitrogens with zero attached hydrogens (tertiary/aromatic N) is 2. The van der Waals surface area contributed by atoms with Crippen LogP contribution in [0, 0.1) is 5.92 Å². The first-order valence-corrected chi connectivity index (χ1v) is 18.3. The number of nitrogens with one attached hydrogen (secondary N) is 6. The van der Waals surface area contributed by atoms with Gasteiger partial charge in [-0.05, 0) is 52.4 Å². The number of carbonyl (C=O) groups is 7. The molecule has 0 fully saturated rings. The van der Waals surface area contributed by atoms with E-state index in [-0.39, 0.29) is 50.7 Å². The largest absolute Gasteiger partial charge is 0.480 e. The summed E-state index contributed by atoms with van der Waals surface area (Å²) < 4.78 is 16.3. The number of carboxylic acids is 1. The SMILES string of the molecule is CC(=O)N[C@@H](CCCN=C(N)N)C(=O)N[C@@H](CCCN=C(N)N)C(=O)N[C@@H](C)C(=O)N[C@H](C(=O)N[C@H](C(=O)N[C@@H](C)C(=O)O)C(C)C)[C@H](C)OP(=O)(O)O. The van der Waals surface area contributed by atoms with Crippen molar-refractivity contribution in [3.05, 3.63) is 0 Å². The van der Waals surface area contributed by atoms with Crippen LogP contribution in [0.2, 0.25) is 0 Å². The maximum atomic E-state index is 13.5. The molecule has 0 unspecified atom stereocenters. The minimum Gasteiger partial charge on any atom is -0.480 e. The van der Waals surface area contributed by atoms with Crippen molar-refractivity contribution in [2.75, 3.05) is 13.1 Å². The van der Waals surface area contributed by atoms with Gasteiger partial charge in [0.2, 0.25) is 35.4 Å². The number of carboxylic acid groups (broad SMARTS) is 1. The quantitative estimate of drug-likeness (QED) is 0.0189. The summed E-state index contributed by atoms with van der Waals surface area (Å²) >= 11 is 0. The van der Waals surface area contributed by atoms with Crippen LogP contribution in [0.3, 0.4) is 0 Å². The Morgan fingerprint density at radius 3 is 1.48 bits per heavy atom. The van der Waals surface area contributed by atoms with Crippen molar-refractivity contribution in [1.82, 2.24) is 31.9 Å². The summed E-state index contributed by atoms with van der Waals surface area (Å²) in [4.78, 5) is 116. The number of hydrogen-bond acceptors (Lipinski definition) is 11. The van der Waals surface area contributed by atoms with Crippen LogP contribution in [0.4, 0.5) is 0 Å². The zero-order valence-electron chi connectivity index (χ0n) is 31.0. The fraction of sp³-hybridized carbons (Fsp3) is 0.690. The molecule has 54 heavy (non-hydrogen) atoms. The highest BCUT2D eigenvalue weighted by molar-refractivity contribution is 7.46. The van der Waals surface area contributed by atoms with Crippen LogP contribution in [-0.4, -0.2) is 124 Å². The zero-order valence-corrected chi connectivity index (χ0v) is 31.9. The molecule has 0 heterocycles. The van der Waals surface area contributed by atoms with Gasteiger partial charge in [0.25, 0.3) is 0 Å². The molecule has 25 heteroatoms. The van der Waals surface area contributed by atoms with Crippen LogP contribution < -0.4 is 54.8 Å². The van der Waals surface area contributed by atoms with E-state index in [1.807, 2.05) is 0 Å². The van der Waals surface area contributed by atoms with E-state index in [0.29, 0.717) is 0 Å². The van der Waals surface area contributed by atoms with Crippen molar-refractivity contribution in [2.45, 2.75) is 110 Å². The Kier molecular flexibility index (Phi) is 21.4. The van der Waals surface area contributed by atoms with Gasteiger partial charge in [-0.2, -0.15) is 0 Å². The van der Waals surface area contributed by atoms with Crippen LogP contribution >= 0.6 is 7.82 Å². The molecular formula is C29H55N12O12P. The fourth-order valence-electron chi connectivity index (χ4n) is 4.54. The number of nitrogens with two attached hydrogens (primary N) is 4. The lowest BCUT2D eigenvalue weighted by atomic mass is 10.0. The summed E-state index contributed by atoms with van der Waals surface area (Å²) in [6, 6.07) is -8.45. The summed E-state index contributed by atoms with van der Waals surface area (Å²) in [6.07, 6.45) is -1.24. The highest BCUT2D eigenvalue weighted by Gasteiger charge is 2.37. The maximum absolute atomic E-state index is 13.5. The van der Waals surface area contributed by atoms with Crippen LogP contribution in [0.5, 0.6) is 0 Å². The second-order valence-corrected chi connectivity index (χ2v) is 13.7. The van der Waals surface area contributed by atoms with Crippen molar-refractivity contribution in [3.8, 4) is 0 Å². The second-order valence-electron chi connectivity index (χ2n) is 12.5. The third-order valence-electron chi connectivity index (χ3n) is 7.30. The highest BCUT2D eigenvalue weighted by atomic mass is 31.2. The summed E-state index contributed by atoms with van der Waals surface area (Å²) in [6.45, 7) is 7.88.